The number of hydrogen-bond acceptors (Lipinski definition) is 5. The molecule has 6 nitrogen and oxygen atoms in total. The fraction of sp³-hybridized carbons (Fsp3) is 0.522. The van der Waals surface area contributed by atoms with Crippen LogP contribution in [0.5, 0.6) is 0 Å². The molecule has 2 aliphatic heterocycles. The summed E-state index contributed by atoms with van der Waals surface area (Å²) in [6.07, 6.45) is 8.03. The lowest BCUT2D eigenvalue weighted by atomic mass is 9.89. The fourth-order valence-electron chi connectivity index (χ4n) is 4.30. The molecule has 0 bridgehead atoms. The van der Waals surface area contributed by atoms with Gasteiger partial charge in [0.25, 0.3) is 5.91 Å². The third-order valence-electron chi connectivity index (χ3n) is 5.93. The molecule has 2 aliphatic rings. The summed E-state index contributed by atoms with van der Waals surface area (Å²) < 4.78 is 5.63. The maximum atomic E-state index is 12.9. The molecular weight excluding hydrogens is 364 g/mol. The first kappa shape index (κ1) is 20.0. The number of piperidine rings is 1. The zero-order valence-corrected chi connectivity index (χ0v) is 17.1. The molecule has 0 spiro atoms. The summed E-state index contributed by atoms with van der Waals surface area (Å²) >= 11 is 0. The second-order valence-corrected chi connectivity index (χ2v) is 8.14. The van der Waals surface area contributed by atoms with Crippen molar-refractivity contribution in [2.24, 2.45) is 0 Å². The number of pyridine rings is 2. The van der Waals surface area contributed by atoms with Gasteiger partial charge < -0.3 is 10.1 Å². The summed E-state index contributed by atoms with van der Waals surface area (Å²) in [6.45, 7) is 6.31. The van der Waals surface area contributed by atoms with Crippen LogP contribution in [0.3, 0.4) is 0 Å². The lowest BCUT2D eigenvalue weighted by Crippen LogP contribution is -2.35. The standard InChI is InChI=1S/C23H30N4O2/c1-17-6-7-21(23(28)25-15-20-5-3-13-29-20)22(26-17)19-8-11-27(12-9-19)16-18-4-2-10-24-14-18/h2,4,6-7,10,14,19-20H,3,5,8-9,11-13,15-16H2,1H3,(H,25,28)/t20-/m1/s1. The molecule has 4 rings (SSSR count). The van der Waals surface area contributed by atoms with E-state index in [1.54, 1.807) is 0 Å². The molecule has 29 heavy (non-hydrogen) atoms. The fourth-order valence-corrected chi connectivity index (χ4v) is 4.30. The number of aryl methyl sites for hydroxylation is 1. The predicted molar refractivity (Wildman–Crippen MR) is 112 cm³/mol. The Labute approximate surface area is 172 Å². The first-order valence-electron chi connectivity index (χ1n) is 10.7. The third kappa shape index (κ3) is 5.19. The van der Waals surface area contributed by atoms with Gasteiger partial charge in [-0.15, -0.1) is 0 Å². The van der Waals surface area contributed by atoms with E-state index >= 15 is 0 Å². The highest BCUT2D eigenvalue weighted by molar-refractivity contribution is 5.95. The molecule has 0 unspecified atom stereocenters. The van der Waals surface area contributed by atoms with Crippen LogP contribution in [0, 0.1) is 6.92 Å². The number of nitrogens with one attached hydrogen (secondary N) is 1. The van der Waals surface area contributed by atoms with E-state index in [9.17, 15) is 4.79 Å². The highest BCUT2D eigenvalue weighted by Gasteiger charge is 2.26. The monoisotopic (exact) mass is 394 g/mol. The van der Waals surface area contributed by atoms with Gasteiger partial charge in [-0.3, -0.25) is 19.7 Å². The Morgan fingerprint density at radius 1 is 1.24 bits per heavy atom. The van der Waals surface area contributed by atoms with E-state index in [2.05, 4.69) is 21.3 Å². The van der Waals surface area contributed by atoms with Gasteiger partial charge in [0, 0.05) is 43.7 Å². The molecule has 4 heterocycles. The Bertz CT molecular complexity index is 813. The van der Waals surface area contributed by atoms with E-state index in [1.165, 1.54) is 5.56 Å². The summed E-state index contributed by atoms with van der Waals surface area (Å²) in [4.78, 5) is 24.3. The van der Waals surface area contributed by atoms with E-state index in [-0.39, 0.29) is 12.0 Å². The average Bonchev–Trinajstić information content (AvgIpc) is 3.27. The van der Waals surface area contributed by atoms with Crippen LogP contribution in [-0.2, 0) is 11.3 Å². The Kier molecular flexibility index (Phi) is 6.52. The molecule has 2 saturated heterocycles. The Hall–Kier alpha value is -2.31. The summed E-state index contributed by atoms with van der Waals surface area (Å²) in [5, 5.41) is 3.06. The second kappa shape index (κ2) is 9.46. The van der Waals surface area contributed by atoms with E-state index < -0.39 is 0 Å². The van der Waals surface area contributed by atoms with Crippen LogP contribution in [0.4, 0.5) is 0 Å². The van der Waals surface area contributed by atoms with Gasteiger partial charge in [0.1, 0.15) is 0 Å². The van der Waals surface area contributed by atoms with Crippen LogP contribution in [-0.4, -0.2) is 53.1 Å². The van der Waals surface area contributed by atoms with Crippen molar-refractivity contribution in [1.29, 1.82) is 0 Å². The zero-order valence-electron chi connectivity index (χ0n) is 17.1. The summed E-state index contributed by atoms with van der Waals surface area (Å²) in [5.74, 6) is 0.296. The Morgan fingerprint density at radius 3 is 2.83 bits per heavy atom. The van der Waals surface area contributed by atoms with Gasteiger partial charge in [0.2, 0.25) is 0 Å². The Morgan fingerprint density at radius 2 is 2.10 bits per heavy atom. The molecule has 0 aliphatic carbocycles. The van der Waals surface area contributed by atoms with Gasteiger partial charge >= 0.3 is 0 Å². The van der Waals surface area contributed by atoms with E-state index in [1.807, 2.05) is 37.5 Å². The topological polar surface area (TPSA) is 67.3 Å². The van der Waals surface area contributed by atoms with E-state index in [0.29, 0.717) is 12.5 Å². The van der Waals surface area contributed by atoms with Gasteiger partial charge in [0.15, 0.2) is 0 Å². The number of ether oxygens (including phenoxy) is 1. The third-order valence-corrected chi connectivity index (χ3v) is 5.93. The number of carbonyl (C=O) groups is 1. The first-order chi connectivity index (χ1) is 14.2. The largest absolute Gasteiger partial charge is 0.376 e. The molecule has 0 radical (unpaired) electrons. The molecule has 0 aromatic carbocycles. The second-order valence-electron chi connectivity index (χ2n) is 8.14. The lowest BCUT2D eigenvalue weighted by Gasteiger charge is -2.32. The number of rotatable bonds is 6. The molecule has 0 saturated carbocycles. The van der Waals surface area contributed by atoms with Crippen LogP contribution in [0.1, 0.15) is 58.9 Å². The van der Waals surface area contributed by atoms with Crippen LogP contribution < -0.4 is 5.32 Å². The van der Waals surface area contributed by atoms with Gasteiger partial charge in [-0.05, 0) is 69.5 Å². The minimum Gasteiger partial charge on any atom is -0.376 e. The predicted octanol–water partition coefficient (Wildman–Crippen LogP) is 3.07. The number of aromatic nitrogens is 2. The van der Waals surface area contributed by atoms with Crippen LogP contribution in [0.15, 0.2) is 36.7 Å². The molecule has 1 atom stereocenters. The molecule has 2 fully saturated rings. The molecule has 2 aromatic heterocycles. The van der Waals surface area contributed by atoms with E-state index in [4.69, 9.17) is 9.72 Å². The zero-order chi connectivity index (χ0) is 20.1. The first-order valence-corrected chi connectivity index (χ1v) is 10.7. The van der Waals surface area contributed by atoms with Crippen molar-refractivity contribution in [3.63, 3.8) is 0 Å². The van der Waals surface area contributed by atoms with Crippen molar-refractivity contribution in [1.82, 2.24) is 20.2 Å². The minimum atomic E-state index is -0.0270. The highest BCUT2D eigenvalue weighted by atomic mass is 16.5. The van der Waals surface area contributed by atoms with Crippen molar-refractivity contribution < 1.29 is 9.53 Å². The Balaban J connectivity index is 1.39. The molecule has 1 amide bonds. The molecular formula is C23H30N4O2. The molecule has 154 valence electrons. The number of likely N-dealkylation sites (tertiary alicyclic amines) is 1. The normalized spacial score (nSPS) is 20.7. The van der Waals surface area contributed by atoms with E-state index in [0.717, 1.165) is 68.9 Å². The van der Waals surface area contributed by atoms with Crippen molar-refractivity contribution >= 4 is 5.91 Å². The maximum Gasteiger partial charge on any atom is 0.253 e. The van der Waals surface area contributed by atoms with Gasteiger partial charge in [-0.1, -0.05) is 6.07 Å². The molecule has 2 aromatic rings. The number of carbonyl (C=O) groups excluding carboxylic acids is 1. The van der Waals surface area contributed by atoms with Crippen LogP contribution in [0.2, 0.25) is 0 Å². The summed E-state index contributed by atoms with van der Waals surface area (Å²) in [7, 11) is 0. The lowest BCUT2D eigenvalue weighted by molar-refractivity contribution is 0.0855. The average molecular weight is 395 g/mol. The highest BCUT2D eigenvalue weighted by Crippen LogP contribution is 2.30. The number of hydrogen-bond donors (Lipinski definition) is 1. The van der Waals surface area contributed by atoms with Gasteiger partial charge in [0.05, 0.1) is 17.4 Å². The molecule has 6 heteroatoms. The van der Waals surface area contributed by atoms with Crippen molar-refractivity contribution in [3.05, 3.63) is 59.2 Å². The number of nitrogens with zero attached hydrogens (tertiary/aromatic N) is 3. The minimum absolute atomic E-state index is 0.0270. The quantitative estimate of drug-likeness (QED) is 0.816. The van der Waals surface area contributed by atoms with Crippen LogP contribution in [0.25, 0.3) is 0 Å². The maximum absolute atomic E-state index is 12.9. The van der Waals surface area contributed by atoms with Crippen LogP contribution >= 0.6 is 0 Å². The summed E-state index contributed by atoms with van der Waals surface area (Å²) in [5.41, 5.74) is 3.89. The van der Waals surface area contributed by atoms with Crippen molar-refractivity contribution in [2.45, 2.75) is 51.2 Å². The summed E-state index contributed by atoms with van der Waals surface area (Å²) in [6, 6.07) is 7.98. The molecule has 1 N–H and O–H groups in total. The van der Waals surface area contributed by atoms with Gasteiger partial charge in [-0.25, -0.2) is 0 Å². The van der Waals surface area contributed by atoms with Gasteiger partial charge in [-0.2, -0.15) is 0 Å². The van der Waals surface area contributed by atoms with Crippen molar-refractivity contribution in [3.8, 4) is 0 Å². The number of amides is 1. The smallest absolute Gasteiger partial charge is 0.253 e. The van der Waals surface area contributed by atoms with Crippen molar-refractivity contribution in [2.75, 3.05) is 26.2 Å². The SMILES string of the molecule is Cc1ccc(C(=O)NC[C@H]2CCCO2)c(C2CCN(Cc3cccnc3)CC2)n1.